The third-order valence-electron chi connectivity index (χ3n) is 3.95. The molecular formula is C13H23N5O. The van der Waals surface area contributed by atoms with Crippen LogP contribution in [0.3, 0.4) is 0 Å². The Kier molecular flexibility index (Phi) is 4.52. The Labute approximate surface area is 114 Å². The van der Waals surface area contributed by atoms with E-state index in [4.69, 9.17) is 0 Å². The van der Waals surface area contributed by atoms with E-state index < -0.39 is 0 Å². The fraction of sp³-hybridized carbons (Fsp3) is 0.769. The zero-order chi connectivity index (χ0) is 13.8. The van der Waals surface area contributed by atoms with Crippen LogP contribution in [0.1, 0.15) is 37.3 Å². The maximum Gasteiger partial charge on any atom is 0.291 e. The fourth-order valence-corrected chi connectivity index (χ4v) is 2.40. The first-order valence-electron chi connectivity index (χ1n) is 6.92. The molecule has 0 unspecified atom stereocenters. The standard InChI is InChI=1S/C13H23N5O/c1-10(2)17(3)8-11-4-6-18(7-5-11)13(19)12-14-9-15-16-12/h9-11H,4-8H2,1-3H3,(H,14,15,16). The summed E-state index contributed by atoms with van der Waals surface area (Å²) in [5.41, 5.74) is 0. The van der Waals surface area contributed by atoms with Crippen molar-refractivity contribution < 1.29 is 4.79 Å². The average molecular weight is 265 g/mol. The Hall–Kier alpha value is -1.43. The maximum atomic E-state index is 12.1. The second kappa shape index (κ2) is 6.14. The molecule has 0 aliphatic carbocycles. The second-order valence-electron chi connectivity index (χ2n) is 5.60. The van der Waals surface area contributed by atoms with Crippen LogP contribution in [0.15, 0.2) is 6.33 Å². The molecule has 2 heterocycles. The molecule has 1 saturated heterocycles. The highest BCUT2D eigenvalue weighted by atomic mass is 16.2. The van der Waals surface area contributed by atoms with Crippen LogP contribution >= 0.6 is 0 Å². The van der Waals surface area contributed by atoms with E-state index in [2.05, 4.69) is 41.0 Å². The Balaban J connectivity index is 1.81. The summed E-state index contributed by atoms with van der Waals surface area (Å²) in [6.07, 6.45) is 3.51. The Morgan fingerprint density at radius 1 is 1.53 bits per heavy atom. The van der Waals surface area contributed by atoms with Gasteiger partial charge in [0.05, 0.1) is 0 Å². The number of carbonyl (C=O) groups excluding carboxylic acids is 1. The summed E-state index contributed by atoms with van der Waals surface area (Å²) in [6, 6.07) is 0.578. The van der Waals surface area contributed by atoms with Crippen molar-refractivity contribution in [3.63, 3.8) is 0 Å². The fourth-order valence-electron chi connectivity index (χ4n) is 2.40. The van der Waals surface area contributed by atoms with Crippen molar-refractivity contribution in [3.05, 3.63) is 12.2 Å². The highest BCUT2D eigenvalue weighted by Crippen LogP contribution is 2.19. The molecule has 0 spiro atoms. The smallest absolute Gasteiger partial charge is 0.291 e. The maximum absolute atomic E-state index is 12.1. The highest BCUT2D eigenvalue weighted by Gasteiger charge is 2.25. The second-order valence-corrected chi connectivity index (χ2v) is 5.60. The summed E-state index contributed by atoms with van der Waals surface area (Å²) in [5, 5.41) is 6.35. The lowest BCUT2D eigenvalue weighted by atomic mass is 9.96. The highest BCUT2D eigenvalue weighted by molar-refractivity contribution is 5.90. The number of hydrogen-bond acceptors (Lipinski definition) is 4. The van der Waals surface area contributed by atoms with Crippen LogP contribution in [-0.4, -0.2) is 63.6 Å². The van der Waals surface area contributed by atoms with E-state index in [0.29, 0.717) is 17.8 Å². The Morgan fingerprint density at radius 3 is 2.74 bits per heavy atom. The van der Waals surface area contributed by atoms with Gasteiger partial charge in [0.2, 0.25) is 5.82 Å². The quantitative estimate of drug-likeness (QED) is 0.882. The van der Waals surface area contributed by atoms with Gasteiger partial charge in [-0.05, 0) is 39.7 Å². The van der Waals surface area contributed by atoms with Crippen LogP contribution in [-0.2, 0) is 0 Å². The summed E-state index contributed by atoms with van der Waals surface area (Å²) < 4.78 is 0. The van der Waals surface area contributed by atoms with Crippen LogP contribution in [0.5, 0.6) is 0 Å². The largest absolute Gasteiger partial charge is 0.336 e. The van der Waals surface area contributed by atoms with E-state index in [0.717, 1.165) is 32.5 Å². The van der Waals surface area contributed by atoms with Crippen molar-refractivity contribution in [3.8, 4) is 0 Å². The van der Waals surface area contributed by atoms with E-state index in [1.165, 1.54) is 6.33 Å². The lowest BCUT2D eigenvalue weighted by Crippen LogP contribution is -2.42. The molecule has 19 heavy (non-hydrogen) atoms. The molecule has 0 aromatic carbocycles. The van der Waals surface area contributed by atoms with Crippen molar-refractivity contribution in [2.75, 3.05) is 26.7 Å². The number of amides is 1. The van der Waals surface area contributed by atoms with E-state index >= 15 is 0 Å². The molecule has 1 N–H and O–H groups in total. The molecule has 6 heteroatoms. The van der Waals surface area contributed by atoms with E-state index in [1.807, 2.05) is 4.90 Å². The van der Waals surface area contributed by atoms with Gasteiger partial charge < -0.3 is 9.80 Å². The van der Waals surface area contributed by atoms with Crippen molar-refractivity contribution in [1.29, 1.82) is 0 Å². The molecule has 0 bridgehead atoms. The minimum absolute atomic E-state index is 0.0341. The van der Waals surface area contributed by atoms with E-state index in [-0.39, 0.29) is 5.91 Å². The molecule has 1 aliphatic rings. The molecule has 1 aliphatic heterocycles. The first kappa shape index (κ1) is 14.0. The molecular weight excluding hydrogens is 242 g/mol. The van der Waals surface area contributed by atoms with Crippen LogP contribution in [0, 0.1) is 5.92 Å². The molecule has 1 aromatic heterocycles. The predicted octanol–water partition coefficient (Wildman–Crippen LogP) is 0.997. The number of aromatic nitrogens is 3. The molecule has 1 fully saturated rings. The minimum atomic E-state index is -0.0341. The number of nitrogens with one attached hydrogen (secondary N) is 1. The number of piperidine rings is 1. The molecule has 0 atom stereocenters. The predicted molar refractivity (Wildman–Crippen MR) is 72.8 cm³/mol. The summed E-state index contributed by atoms with van der Waals surface area (Å²) in [6.45, 7) is 7.17. The van der Waals surface area contributed by atoms with Crippen molar-refractivity contribution in [2.24, 2.45) is 5.92 Å². The zero-order valence-corrected chi connectivity index (χ0v) is 12.0. The van der Waals surface area contributed by atoms with Gasteiger partial charge in [-0.25, -0.2) is 4.98 Å². The van der Waals surface area contributed by atoms with Gasteiger partial charge in [0.25, 0.3) is 5.91 Å². The Bertz CT molecular complexity index is 395. The monoisotopic (exact) mass is 265 g/mol. The van der Waals surface area contributed by atoms with E-state index in [9.17, 15) is 4.79 Å². The number of nitrogens with zero attached hydrogens (tertiary/aromatic N) is 4. The van der Waals surface area contributed by atoms with Crippen LogP contribution in [0.25, 0.3) is 0 Å². The normalized spacial score (nSPS) is 17.4. The van der Waals surface area contributed by atoms with Crippen LogP contribution in [0.2, 0.25) is 0 Å². The number of H-pyrrole nitrogens is 1. The number of likely N-dealkylation sites (tertiary alicyclic amines) is 1. The molecule has 2 rings (SSSR count). The minimum Gasteiger partial charge on any atom is -0.336 e. The molecule has 6 nitrogen and oxygen atoms in total. The molecule has 106 valence electrons. The molecule has 1 amide bonds. The third-order valence-corrected chi connectivity index (χ3v) is 3.95. The number of rotatable bonds is 4. The van der Waals surface area contributed by atoms with Gasteiger partial charge in [0.1, 0.15) is 6.33 Å². The number of carbonyl (C=O) groups is 1. The molecule has 0 saturated carbocycles. The third kappa shape index (κ3) is 3.53. The van der Waals surface area contributed by atoms with Crippen LogP contribution in [0.4, 0.5) is 0 Å². The topological polar surface area (TPSA) is 65.1 Å². The van der Waals surface area contributed by atoms with Crippen molar-refractivity contribution in [2.45, 2.75) is 32.7 Å². The zero-order valence-electron chi connectivity index (χ0n) is 12.0. The van der Waals surface area contributed by atoms with Gasteiger partial charge in [0.15, 0.2) is 0 Å². The van der Waals surface area contributed by atoms with Crippen molar-refractivity contribution >= 4 is 5.91 Å². The number of hydrogen-bond donors (Lipinski definition) is 1. The van der Waals surface area contributed by atoms with Gasteiger partial charge in [0, 0.05) is 25.7 Å². The summed E-state index contributed by atoms with van der Waals surface area (Å²) in [7, 11) is 2.16. The average Bonchev–Trinajstić information content (AvgIpc) is 2.92. The van der Waals surface area contributed by atoms with Gasteiger partial charge in [-0.15, -0.1) is 0 Å². The van der Waals surface area contributed by atoms with Gasteiger partial charge in [-0.2, -0.15) is 5.10 Å². The summed E-state index contributed by atoms with van der Waals surface area (Å²) >= 11 is 0. The van der Waals surface area contributed by atoms with Gasteiger partial charge in [-0.3, -0.25) is 9.89 Å². The molecule has 0 radical (unpaired) electrons. The first-order chi connectivity index (χ1) is 9.08. The summed E-state index contributed by atoms with van der Waals surface area (Å²) in [4.78, 5) is 20.2. The Morgan fingerprint density at radius 2 is 2.21 bits per heavy atom. The number of aromatic amines is 1. The summed E-state index contributed by atoms with van der Waals surface area (Å²) in [5.74, 6) is 0.997. The van der Waals surface area contributed by atoms with Crippen LogP contribution < -0.4 is 0 Å². The molecule has 1 aromatic rings. The lowest BCUT2D eigenvalue weighted by molar-refractivity contribution is 0.0654. The van der Waals surface area contributed by atoms with E-state index in [1.54, 1.807) is 0 Å². The SMILES string of the molecule is CC(C)N(C)CC1CCN(C(=O)c2ncn[nH]2)CC1. The van der Waals surface area contributed by atoms with Crippen molar-refractivity contribution in [1.82, 2.24) is 25.0 Å². The first-order valence-corrected chi connectivity index (χ1v) is 6.92. The van der Waals surface area contributed by atoms with Gasteiger partial charge >= 0.3 is 0 Å². The van der Waals surface area contributed by atoms with Gasteiger partial charge in [-0.1, -0.05) is 0 Å². The lowest BCUT2D eigenvalue weighted by Gasteiger charge is -2.34.